The molecule has 0 atom stereocenters. The van der Waals surface area contributed by atoms with Gasteiger partial charge >= 0.3 is 0 Å². The highest BCUT2D eigenvalue weighted by Crippen LogP contribution is 2.30. The van der Waals surface area contributed by atoms with Crippen molar-refractivity contribution in [2.45, 2.75) is 52.5 Å². The molecule has 2 aromatic rings. The standard InChI is InChI=1S/C16H23N3S/c1-11-3-5-13(6-4-11)7-8-19-15-14(18-16(19)20)9-12(2)10-17-15/h9-11,13H,3-8H2,1-2H3,(H,18,20). The Kier molecular flexibility index (Phi) is 3.92. The van der Waals surface area contributed by atoms with E-state index in [1.165, 1.54) is 37.7 Å². The summed E-state index contributed by atoms with van der Waals surface area (Å²) in [6.45, 7) is 5.43. The number of hydrogen-bond acceptors (Lipinski definition) is 2. The first-order valence-corrected chi connectivity index (χ1v) is 8.09. The molecule has 2 aromatic heterocycles. The topological polar surface area (TPSA) is 33.6 Å². The summed E-state index contributed by atoms with van der Waals surface area (Å²) in [6, 6.07) is 2.12. The van der Waals surface area contributed by atoms with Crippen molar-refractivity contribution in [1.82, 2.24) is 14.5 Å². The maximum Gasteiger partial charge on any atom is 0.179 e. The summed E-state index contributed by atoms with van der Waals surface area (Å²) in [5, 5.41) is 0. The van der Waals surface area contributed by atoms with Crippen molar-refractivity contribution in [3.63, 3.8) is 0 Å². The predicted octanol–water partition coefficient (Wildman–Crippen LogP) is 4.62. The molecule has 1 aliphatic carbocycles. The molecule has 0 bridgehead atoms. The van der Waals surface area contributed by atoms with Crippen LogP contribution in [0, 0.1) is 23.5 Å². The number of H-pyrrole nitrogens is 1. The van der Waals surface area contributed by atoms with Crippen molar-refractivity contribution in [2.24, 2.45) is 11.8 Å². The van der Waals surface area contributed by atoms with Gasteiger partial charge in [-0.2, -0.15) is 0 Å². The maximum absolute atomic E-state index is 5.45. The van der Waals surface area contributed by atoms with E-state index in [0.717, 1.165) is 34.3 Å². The fourth-order valence-electron chi connectivity index (χ4n) is 3.28. The van der Waals surface area contributed by atoms with E-state index < -0.39 is 0 Å². The van der Waals surface area contributed by atoms with Gasteiger partial charge in [-0.05, 0) is 49.0 Å². The number of aromatic amines is 1. The van der Waals surface area contributed by atoms with Gasteiger partial charge in [-0.3, -0.25) is 0 Å². The maximum atomic E-state index is 5.45. The lowest BCUT2D eigenvalue weighted by Crippen LogP contribution is -2.14. The summed E-state index contributed by atoms with van der Waals surface area (Å²) in [4.78, 5) is 7.82. The second-order valence-electron chi connectivity index (χ2n) is 6.38. The zero-order valence-corrected chi connectivity index (χ0v) is 13.2. The Morgan fingerprint density at radius 1 is 1.35 bits per heavy atom. The lowest BCUT2D eigenvalue weighted by Gasteiger charge is -2.26. The summed E-state index contributed by atoms with van der Waals surface area (Å²) < 4.78 is 2.98. The van der Waals surface area contributed by atoms with Crippen LogP contribution in [0.15, 0.2) is 12.3 Å². The quantitative estimate of drug-likeness (QED) is 0.837. The van der Waals surface area contributed by atoms with Gasteiger partial charge in [0.15, 0.2) is 10.4 Å². The molecule has 0 saturated heterocycles. The number of imidazole rings is 1. The van der Waals surface area contributed by atoms with Crippen LogP contribution in [-0.4, -0.2) is 14.5 Å². The Hall–Kier alpha value is -1.16. The fourth-order valence-corrected chi connectivity index (χ4v) is 3.57. The van der Waals surface area contributed by atoms with Gasteiger partial charge in [0.25, 0.3) is 0 Å². The van der Waals surface area contributed by atoms with E-state index in [-0.39, 0.29) is 0 Å². The number of rotatable bonds is 3. The van der Waals surface area contributed by atoms with Crippen LogP contribution in [0.2, 0.25) is 0 Å². The number of aryl methyl sites for hydroxylation is 2. The molecule has 2 heterocycles. The van der Waals surface area contributed by atoms with E-state index in [4.69, 9.17) is 12.2 Å². The smallest absolute Gasteiger partial charge is 0.179 e. The van der Waals surface area contributed by atoms with Crippen LogP contribution < -0.4 is 0 Å². The van der Waals surface area contributed by atoms with Crippen molar-refractivity contribution < 1.29 is 0 Å². The van der Waals surface area contributed by atoms with Crippen LogP contribution >= 0.6 is 12.2 Å². The number of nitrogens with one attached hydrogen (secondary N) is 1. The summed E-state index contributed by atoms with van der Waals surface area (Å²) in [5.74, 6) is 1.79. The van der Waals surface area contributed by atoms with E-state index in [0.29, 0.717) is 0 Å². The molecule has 108 valence electrons. The number of hydrogen-bond donors (Lipinski definition) is 1. The molecule has 3 rings (SSSR count). The molecule has 0 radical (unpaired) electrons. The SMILES string of the molecule is Cc1cnc2c(c1)[nH]c(=S)n2CCC1CCC(C)CC1. The van der Waals surface area contributed by atoms with E-state index in [9.17, 15) is 0 Å². The van der Waals surface area contributed by atoms with Crippen molar-refractivity contribution >= 4 is 23.4 Å². The zero-order chi connectivity index (χ0) is 14.1. The van der Waals surface area contributed by atoms with Gasteiger partial charge in [0.2, 0.25) is 0 Å². The Balaban J connectivity index is 1.74. The molecule has 1 aliphatic rings. The van der Waals surface area contributed by atoms with Crippen LogP contribution in [-0.2, 0) is 6.54 Å². The zero-order valence-electron chi connectivity index (χ0n) is 12.4. The minimum Gasteiger partial charge on any atom is -0.329 e. The van der Waals surface area contributed by atoms with Crippen LogP contribution in [0.25, 0.3) is 11.2 Å². The van der Waals surface area contributed by atoms with Crippen molar-refractivity contribution in [3.05, 3.63) is 22.6 Å². The Labute approximate surface area is 125 Å². The van der Waals surface area contributed by atoms with Crippen molar-refractivity contribution in [3.8, 4) is 0 Å². The Bertz CT molecular complexity index is 647. The molecule has 20 heavy (non-hydrogen) atoms. The highest BCUT2D eigenvalue weighted by molar-refractivity contribution is 7.71. The molecule has 0 aliphatic heterocycles. The lowest BCUT2D eigenvalue weighted by atomic mass is 9.81. The minimum absolute atomic E-state index is 0.808. The molecule has 1 N–H and O–H groups in total. The molecule has 1 saturated carbocycles. The molecule has 4 heteroatoms. The van der Waals surface area contributed by atoms with Gasteiger partial charge in [-0.15, -0.1) is 0 Å². The van der Waals surface area contributed by atoms with E-state index >= 15 is 0 Å². The normalized spacial score (nSPS) is 23.3. The lowest BCUT2D eigenvalue weighted by molar-refractivity contribution is 0.269. The van der Waals surface area contributed by atoms with Gasteiger partial charge in [0.05, 0.1) is 5.52 Å². The second-order valence-corrected chi connectivity index (χ2v) is 6.77. The van der Waals surface area contributed by atoms with Gasteiger partial charge in [-0.25, -0.2) is 4.98 Å². The monoisotopic (exact) mass is 289 g/mol. The summed E-state index contributed by atoms with van der Waals surface area (Å²) in [6.07, 6.45) is 8.68. The first-order valence-electron chi connectivity index (χ1n) is 7.68. The van der Waals surface area contributed by atoms with Gasteiger partial charge in [0, 0.05) is 12.7 Å². The molecule has 0 amide bonds. The van der Waals surface area contributed by atoms with E-state index in [1.54, 1.807) is 0 Å². The van der Waals surface area contributed by atoms with Gasteiger partial charge < -0.3 is 9.55 Å². The Morgan fingerprint density at radius 3 is 2.85 bits per heavy atom. The van der Waals surface area contributed by atoms with Crippen LogP contribution in [0.5, 0.6) is 0 Å². The fraction of sp³-hybridized carbons (Fsp3) is 0.625. The van der Waals surface area contributed by atoms with E-state index in [1.807, 2.05) is 6.20 Å². The van der Waals surface area contributed by atoms with Crippen molar-refractivity contribution in [1.29, 1.82) is 0 Å². The van der Waals surface area contributed by atoms with Gasteiger partial charge in [0.1, 0.15) is 0 Å². The number of aromatic nitrogens is 3. The molecular weight excluding hydrogens is 266 g/mol. The molecule has 3 nitrogen and oxygen atoms in total. The first kappa shape index (κ1) is 13.8. The third kappa shape index (κ3) is 2.80. The van der Waals surface area contributed by atoms with Gasteiger partial charge in [-0.1, -0.05) is 32.6 Å². The molecule has 0 unspecified atom stereocenters. The Morgan fingerprint density at radius 2 is 2.10 bits per heavy atom. The highest BCUT2D eigenvalue weighted by Gasteiger charge is 2.18. The predicted molar refractivity (Wildman–Crippen MR) is 85.4 cm³/mol. The number of nitrogens with zero attached hydrogens (tertiary/aromatic N) is 2. The largest absolute Gasteiger partial charge is 0.329 e. The molecule has 1 fully saturated rings. The number of pyridine rings is 1. The first-order chi connectivity index (χ1) is 9.63. The van der Waals surface area contributed by atoms with Crippen LogP contribution in [0.3, 0.4) is 0 Å². The third-order valence-electron chi connectivity index (χ3n) is 4.64. The second kappa shape index (κ2) is 5.68. The van der Waals surface area contributed by atoms with Crippen LogP contribution in [0.1, 0.15) is 44.6 Å². The third-order valence-corrected chi connectivity index (χ3v) is 4.96. The average molecular weight is 289 g/mol. The summed E-state index contributed by atoms with van der Waals surface area (Å²) in [5.41, 5.74) is 3.24. The molecule has 0 aromatic carbocycles. The average Bonchev–Trinajstić information content (AvgIpc) is 2.73. The molecular formula is C16H23N3S. The number of fused-ring (bicyclic) bond motifs is 1. The summed E-state index contributed by atoms with van der Waals surface area (Å²) in [7, 11) is 0. The van der Waals surface area contributed by atoms with Crippen LogP contribution in [0.4, 0.5) is 0 Å². The summed E-state index contributed by atoms with van der Waals surface area (Å²) >= 11 is 5.45. The van der Waals surface area contributed by atoms with E-state index in [2.05, 4.69) is 34.4 Å². The molecule has 0 spiro atoms. The minimum atomic E-state index is 0.808. The highest BCUT2D eigenvalue weighted by atomic mass is 32.1. The van der Waals surface area contributed by atoms with Crippen molar-refractivity contribution in [2.75, 3.05) is 0 Å².